The lowest BCUT2D eigenvalue weighted by Crippen LogP contribution is -2.67. The molecule has 5 heteroatoms. The molecule has 244 valence electrons. The van der Waals surface area contributed by atoms with Gasteiger partial charge in [-0.05, 0) is 122 Å². The van der Waals surface area contributed by atoms with Gasteiger partial charge in [0.1, 0.15) is 12.7 Å². The molecule has 5 aliphatic rings. The zero-order valence-corrected chi connectivity index (χ0v) is 28.5. The minimum absolute atomic E-state index is 0.00855. The second-order valence-corrected chi connectivity index (χ2v) is 17.2. The second kappa shape index (κ2) is 11.1. The lowest BCUT2D eigenvalue weighted by atomic mass is 9.32. The maximum absolute atomic E-state index is 14.3. The first-order chi connectivity index (χ1) is 20.7. The van der Waals surface area contributed by atoms with E-state index in [1.165, 1.54) is 19.3 Å². The number of aliphatic hydroxyl groups excluding tert-OH is 1. The van der Waals surface area contributed by atoms with Crippen LogP contribution in [0.25, 0.3) is 0 Å². The third-order valence-corrected chi connectivity index (χ3v) is 15.4. The first-order valence-corrected chi connectivity index (χ1v) is 17.7. The van der Waals surface area contributed by atoms with Crippen LogP contribution < -0.4 is 0 Å². The highest BCUT2D eigenvalue weighted by atomic mass is 16.5. The number of carbonyl (C=O) groups excluding carboxylic acids is 2. The Morgan fingerprint density at radius 1 is 0.864 bits per heavy atom. The Morgan fingerprint density at radius 2 is 1.59 bits per heavy atom. The fourth-order valence-corrected chi connectivity index (χ4v) is 13.0. The molecule has 0 amide bonds. The number of rotatable bonds is 6. The van der Waals surface area contributed by atoms with E-state index in [9.17, 15) is 14.7 Å². The van der Waals surface area contributed by atoms with Crippen LogP contribution >= 0.6 is 0 Å². The summed E-state index contributed by atoms with van der Waals surface area (Å²) in [6, 6.07) is 10.1. The minimum Gasteiger partial charge on any atom is -0.462 e. The summed E-state index contributed by atoms with van der Waals surface area (Å²) in [5.41, 5.74) is 1.07. The molecule has 5 saturated carbocycles. The fourth-order valence-electron chi connectivity index (χ4n) is 13.0. The van der Waals surface area contributed by atoms with Crippen molar-refractivity contribution in [3.05, 3.63) is 35.9 Å². The van der Waals surface area contributed by atoms with Gasteiger partial charge < -0.3 is 14.6 Å². The van der Waals surface area contributed by atoms with Crippen LogP contribution in [0.1, 0.15) is 118 Å². The molecule has 0 aliphatic heterocycles. The zero-order chi connectivity index (χ0) is 31.7. The SMILES string of the molecule is CC(=O)O[C@H]1CC[C@]2(C)[C@H]3CC[C@@H]4[C@H]5[C@H](C(C)CO)CC[C@]5(C(=O)OCc5ccccc5)CC[C@@]4(C)[C@]3(C)CC[C@H]2C1(C)C. The standard InChI is InChI=1S/C39H58O5/c1-25(23-40)28-15-20-39(34(42)43-24-27-11-9-8-10-12-27)22-21-37(6)29(33(28)39)13-14-31-36(5)18-17-32(44-26(2)41)35(3,4)30(36)16-19-38(31,37)7/h8-12,25,28-33,40H,13-24H2,1-7H3/t25?,28-,29+,30-,31+,32-,33+,36-,37+,38+,39-/m0/s1. The van der Waals surface area contributed by atoms with E-state index < -0.39 is 5.41 Å². The summed E-state index contributed by atoms with van der Waals surface area (Å²) in [5.74, 6) is 2.23. The molecule has 0 radical (unpaired) electrons. The summed E-state index contributed by atoms with van der Waals surface area (Å²) >= 11 is 0. The molecule has 44 heavy (non-hydrogen) atoms. The molecule has 0 heterocycles. The van der Waals surface area contributed by atoms with E-state index in [4.69, 9.17) is 9.47 Å². The van der Waals surface area contributed by atoms with Gasteiger partial charge in [0.25, 0.3) is 0 Å². The number of aliphatic hydroxyl groups is 1. The highest BCUT2D eigenvalue weighted by Gasteiger charge is 2.72. The summed E-state index contributed by atoms with van der Waals surface area (Å²) < 4.78 is 12.1. The maximum atomic E-state index is 14.3. The number of ether oxygens (including phenoxy) is 2. The molecule has 5 nitrogen and oxygen atoms in total. The smallest absolute Gasteiger partial charge is 0.312 e. The van der Waals surface area contributed by atoms with Crippen LogP contribution in [0, 0.1) is 62.6 Å². The molecular weight excluding hydrogens is 548 g/mol. The van der Waals surface area contributed by atoms with E-state index in [1.54, 1.807) is 6.92 Å². The van der Waals surface area contributed by atoms with Crippen molar-refractivity contribution in [2.24, 2.45) is 62.6 Å². The van der Waals surface area contributed by atoms with E-state index in [2.05, 4.69) is 41.5 Å². The monoisotopic (exact) mass is 606 g/mol. The number of fused-ring (bicyclic) bond motifs is 7. The van der Waals surface area contributed by atoms with E-state index in [0.29, 0.717) is 30.3 Å². The molecule has 1 unspecified atom stereocenters. The largest absolute Gasteiger partial charge is 0.462 e. The van der Waals surface area contributed by atoms with E-state index in [1.807, 2.05) is 30.3 Å². The predicted molar refractivity (Wildman–Crippen MR) is 172 cm³/mol. The van der Waals surface area contributed by atoms with Crippen LogP contribution in [0.3, 0.4) is 0 Å². The molecule has 0 spiro atoms. The molecule has 0 saturated heterocycles. The molecule has 11 atom stereocenters. The van der Waals surface area contributed by atoms with E-state index >= 15 is 0 Å². The van der Waals surface area contributed by atoms with Crippen molar-refractivity contribution in [2.75, 3.05) is 6.61 Å². The van der Waals surface area contributed by atoms with Crippen LogP contribution in [0.5, 0.6) is 0 Å². The van der Waals surface area contributed by atoms with Crippen molar-refractivity contribution in [2.45, 2.75) is 125 Å². The first-order valence-electron chi connectivity index (χ1n) is 17.7. The van der Waals surface area contributed by atoms with Gasteiger partial charge in [-0.2, -0.15) is 0 Å². The summed E-state index contributed by atoms with van der Waals surface area (Å²) in [5, 5.41) is 10.4. The van der Waals surface area contributed by atoms with Crippen LogP contribution in [-0.2, 0) is 25.7 Å². The van der Waals surface area contributed by atoms with Crippen LogP contribution in [0.4, 0.5) is 0 Å². The van der Waals surface area contributed by atoms with Crippen molar-refractivity contribution in [1.82, 2.24) is 0 Å². The van der Waals surface area contributed by atoms with Crippen molar-refractivity contribution >= 4 is 11.9 Å². The average Bonchev–Trinajstić information content (AvgIpc) is 3.39. The van der Waals surface area contributed by atoms with Crippen molar-refractivity contribution < 1.29 is 24.2 Å². The quantitative estimate of drug-likeness (QED) is 0.329. The van der Waals surface area contributed by atoms with Gasteiger partial charge in [-0.25, -0.2) is 0 Å². The van der Waals surface area contributed by atoms with Crippen molar-refractivity contribution in [3.8, 4) is 0 Å². The lowest BCUT2D eigenvalue weighted by Gasteiger charge is -2.72. The van der Waals surface area contributed by atoms with Gasteiger partial charge in [0, 0.05) is 18.9 Å². The highest BCUT2D eigenvalue weighted by Crippen LogP contribution is 2.77. The molecule has 0 aromatic heterocycles. The van der Waals surface area contributed by atoms with Gasteiger partial charge in [-0.15, -0.1) is 0 Å². The normalized spacial score (nSPS) is 44.7. The number of hydrogen-bond donors (Lipinski definition) is 1. The molecule has 1 N–H and O–H groups in total. The van der Waals surface area contributed by atoms with Crippen LogP contribution in [0.2, 0.25) is 0 Å². The molecule has 0 bridgehead atoms. The number of hydrogen-bond acceptors (Lipinski definition) is 5. The van der Waals surface area contributed by atoms with Gasteiger partial charge in [-0.3, -0.25) is 9.59 Å². The molecule has 1 aromatic rings. The summed E-state index contributed by atoms with van der Waals surface area (Å²) in [6.07, 6.45) is 10.6. The Morgan fingerprint density at radius 3 is 2.27 bits per heavy atom. The third-order valence-electron chi connectivity index (χ3n) is 15.4. The Kier molecular flexibility index (Phi) is 8.11. The summed E-state index contributed by atoms with van der Waals surface area (Å²) in [6.45, 7) is 16.8. The van der Waals surface area contributed by atoms with E-state index in [0.717, 1.165) is 50.5 Å². The fraction of sp³-hybridized carbons (Fsp3) is 0.795. The Hall–Kier alpha value is -1.88. The van der Waals surface area contributed by atoms with Crippen molar-refractivity contribution in [3.63, 3.8) is 0 Å². The molecule has 5 aliphatic carbocycles. The predicted octanol–water partition coefficient (Wildman–Crippen LogP) is 8.37. The number of carbonyl (C=O) groups is 2. The molecular formula is C39H58O5. The zero-order valence-electron chi connectivity index (χ0n) is 28.5. The summed E-state index contributed by atoms with van der Waals surface area (Å²) in [4.78, 5) is 26.3. The summed E-state index contributed by atoms with van der Waals surface area (Å²) in [7, 11) is 0. The Labute approximate surface area is 266 Å². The van der Waals surface area contributed by atoms with E-state index in [-0.39, 0.29) is 58.1 Å². The Balaban J connectivity index is 1.32. The second-order valence-electron chi connectivity index (χ2n) is 17.2. The average molecular weight is 607 g/mol. The highest BCUT2D eigenvalue weighted by molar-refractivity contribution is 5.78. The molecule has 1 aromatic carbocycles. The van der Waals surface area contributed by atoms with Gasteiger partial charge >= 0.3 is 11.9 Å². The first kappa shape index (κ1) is 32.1. The van der Waals surface area contributed by atoms with Gasteiger partial charge in [0.2, 0.25) is 0 Å². The maximum Gasteiger partial charge on any atom is 0.312 e. The topological polar surface area (TPSA) is 72.8 Å². The minimum atomic E-state index is -0.443. The lowest BCUT2D eigenvalue weighted by molar-refractivity contribution is -0.252. The van der Waals surface area contributed by atoms with Gasteiger partial charge in [-0.1, -0.05) is 71.9 Å². The van der Waals surface area contributed by atoms with Crippen LogP contribution in [-0.4, -0.2) is 29.8 Å². The van der Waals surface area contributed by atoms with Gasteiger partial charge in [0.05, 0.1) is 5.41 Å². The molecule has 5 fully saturated rings. The number of benzene rings is 1. The van der Waals surface area contributed by atoms with Crippen molar-refractivity contribution in [1.29, 1.82) is 0 Å². The Bertz CT molecular complexity index is 1240. The molecule has 6 rings (SSSR count). The third kappa shape index (κ3) is 4.55. The number of esters is 2. The van der Waals surface area contributed by atoms with Crippen LogP contribution in [0.15, 0.2) is 30.3 Å². The van der Waals surface area contributed by atoms with Gasteiger partial charge in [0.15, 0.2) is 0 Å².